The summed E-state index contributed by atoms with van der Waals surface area (Å²) in [4.78, 5) is 0. The highest BCUT2D eigenvalue weighted by Gasteiger charge is 2.33. The molecule has 0 atom stereocenters. The Kier molecular flexibility index (Phi) is 3.69. The smallest absolute Gasteiger partial charge is 0.145 e. The Morgan fingerprint density at radius 2 is 2.00 bits per heavy atom. The lowest BCUT2D eigenvalue weighted by Crippen LogP contribution is -2.25. The van der Waals surface area contributed by atoms with Crippen LogP contribution in [-0.2, 0) is 6.42 Å². The van der Waals surface area contributed by atoms with Crippen LogP contribution < -0.4 is 0 Å². The molecule has 0 radical (unpaired) electrons. The van der Waals surface area contributed by atoms with Gasteiger partial charge in [0.15, 0.2) is 0 Å². The number of nitriles is 1. The normalized spacial score (nSPS) is 18.6. The molecule has 17 heavy (non-hydrogen) atoms. The molecule has 0 spiro atoms. The second-order valence-corrected chi connectivity index (χ2v) is 5.25. The Hall–Kier alpha value is -1.07. The Morgan fingerprint density at radius 3 is 2.65 bits per heavy atom. The highest BCUT2D eigenvalue weighted by atomic mass is 35.5. The Balaban J connectivity index is 2.24. The summed E-state index contributed by atoms with van der Waals surface area (Å²) in [7, 11) is 0. The van der Waals surface area contributed by atoms with Gasteiger partial charge in [0, 0.05) is 0 Å². The maximum atomic E-state index is 13.8. The molecular weight excluding hydrogens is 237 g/mol. The van der Waals surface area contributed by atoms with E-state index in [1.807, 2.05) is 0 Å². The van der Waals surface area contributed by atoms with Gasteiger partial charge in [0.1, 0.15) is 5.82 Å². The van der Waals surface area contributed by atoms with Crippen molar-refractivity contribution in [2.24, 2.45) is 5.41 Å². The van der Waals surface area contributed by atoms with Crippen LogP contribution in [-0.4, -0.2) is 0 Å². The lowest BCUT2D eigenvalue weighted by atomic mass is 9.71. The largest absolute Gasteiger partial charge is 0.205 e. The third-order valence-corrected chi connectivity index (χ3v) is 3.90. The number of halogens is 2. The van der Waals surface area contributed by atoms with Gasteiger partial charge in [-0.05, 0) is 30.9 Å². The van der Waals surface area contributed by atoms with Gasteiger partial charge in [0.2, 0.25) is 0 Å². The van der Waals surface area contributed by atoms with Crippen molar-refractivity contribution in [3.8, 4) is 6.07 Å². The molecule has 0 heterocycles. The summed E-state index contributed by atoms with van der Waals surface area (Å²) in [5.41, 5.74) is 0.185. The van der Waals surface area contributed by atoms with E-state index in [1.54, 1.807) is 18.2 Å². The minimum atomic E-state index is -0.385. The Morgan fingerprint density at radius 1 is 1.29 bits per heavy atom. The van der Waals surface area contributed by atoms with Gasteiger partial charge in [-0.25, -0.2) is 4.39 Å². The van der Waals surface area contributed by atoms with Crippen molar-refractivity contribution >= 4 is 11.6 Å². The first-order valence-corrected chi connectivity index (χ1v) is 6.39. The molecule has 1 aliphatic carbocycles. The van der Waals surface area contributed by atoms with Crippen LogP contribution in [0.5, 0.6) is 0 Å². The van der Waals surface area contributed by atoms with Crippen LogP contribution in [0, 0.1) is 22.6 Å². The van der Waals surface area contributed by atoms with E-state index < -0.39 is 0 Å². The molecule has 1 aromatic rings. The van der Waals surface area contributed by atoms with Crippen molar-refractivity contribution in [3.05, 3.63) is 34.6 Å². The Labute approximate surface area is 106 Å². The van der Waals surface area contributed by atoms with Gasteiger partial charge >= 0.3 is 0 Å². The first-order valence-electron chi connectivity index (χ1n) is 6.01. The molecule has 2 rings (SSSR count). The minimum Gasteiger partial charge on any atom is -0.205 e. The SMILES string of the molecule is N#CC1(Cc2cccc(Cl)c2F)CCCCC1. The van der Waals surface area contributed by atoms with Crippen LogP contribution in [0.15, 0.2) is 18.2 Å². The molecule has 1 nitrogen and oxygen atoms in total. The zero-order valence-electron chi connectivity index (χ0n) is 9.68. The summed E-state index contributed by atoms with van der Waals surface area (Å²) >= 11 is 5.76. The van der Waals surface area contributed by atoms with E-state index in [4.69, 9.17) is 11.6 Å². The number of nitrogens with zero attached hydrogens (tertiary/aromatic N) is 1. The highest BCUT2D eigenvalue weighted by Crippen LogP contribution is 2.39. The summed E-state index contributed by atoms with van der Waals surface area (Å²) in [5, 5.41) is 9.50. The van der Waals surface area contributed by atoms with Crippen molar-refractivity contribution in [1.82, 2.24) is 0 Å². The zero-order chi connectivity index (χ0) is 12.3. The van der Waals surface area contributed by atoms with Crippen LogP contribution in [0.3, 0.4) is 0 Å². The van der Waals surface area contributed by atoms with Gasteiger partial charge in [-0.3, -0.25) is 0 Å². The first kappa shape index (κ1) is 12.4. The number of hydrogen-bond acceptors (Lipinski definition) is 1. The summed E-state index contributed by atoms with van der Waals surface area (Å²) in [5.74, 6) is -0.366. The van der Waals surface area contributed by atoms with Crippen molar-refractivity contribution < 1.29 is 4.39 Å². The van der Waals surface area contributed by atoms with E-state index in [1.165, 1.54) is 6.42 Å². The van der Waals surface area contributed by atoms with Crippen LogP contribution in [0.1, 0.15) is 37.7 Å². The average molecular weight is 252 g/mol. The van der Waals surface area contributed by atoms with E-state index in [-0.39, 0.29) is 16.3 Å². The minimum absolute atomic E-state index is 0.145. The van der Waals surface area contributed by atoms with Crippen LogP contribution in [0.2, 0.25) is 5.02 Å². The number of hydrogen-bond donors (Lipinski definition) is 0. The van der Waals surface area contributed by atoms with Crippen LogP contribution >= 0.6 is 11.6 Å². The lowest BCUT2D eigenvalue weighted by molar-refractivity contribution is 0.263. The molecule has 0 bridgehead atoms. The molecule has 0 amide bonds. The van der Waals surface area contributed by atoms with Gasteiger partial charge in [-0.2, -0.15) is 5.26 Å². The van der Waals surface area contributed by atoms with E-state index in [9.17, 15) is 9.65 Å². The van der Waals surface area contributed by atoms with Crippen LogP contribution in [0.25, 0.3) is 0 Å². The molecule has 0 N–H and O–H groups in total. The number of rotatable bonds is 2. The predicted octanol–water partition coefficient (Wildman–Crippen LogP) is 4.50. The molecule has 0 aromatic heterocycles. The van der Waals surface area contributed by atoms with E-state index in [0.29, 0.717) is 12.0 Å². The summed E-state index contributed by atoms with van der Waals surface area (Å²) in [6.45, 7) is 0. The fourth-order valence-electron chi connectivity index (χ4n) is 2.61. The molecule has 0 saturated heterocycles. The van der Waals surface area contributed by atoms with Gasteiger partial charge in [0.05, 0.1) is 16.5 Å². The maximum absolute atomic E-state index is 13.8. The second kappa shape index (κ2) is 5.06. The predicted molar refractivity (Wildman–Crippen MR) is 66.2 cm³/mol. The first-order chi connectivity index (χ1) is 8.17. The van der Waals surface area contributed by atoms with Crippen molar-refractivity contribution in [2.75, 3.05) is 0 Å². The molecule has 3 heteroatoms. The van der Waals surface area contributed by atoms with Gasteiger partial charge in [0.25, 0.3) is 0 Å². The highest BCUT2D eigenvalue weighted by molar-refractivity contribution is 6.30. The van der Waals surface area contributed by atoms with Crippen molar-refractivity contribution in [1.29, 1.82) is 5.26 Å². The summed E-state index contributed by atoms with van der Waals surface area (Å²) < 4.78 is 13.8. The zero-order valence-corrected chi connectivity index (χ0v) is 10.4. The van der Waals surface area contributed by atoms with Crippen molar-refractivity contribution in [3.63, 3.8) is 0 Å². The summed E-state index contributed by atoms with van der Waals surface area (Å²) in [6, 6.07) is 7.42. The molecule has 1 aromatic carbocycles. The third kappa shape index (κ3) is 2.61. The monoisotopic (exact) mass is 251 g/mol. The van der Waals surface area contributed by atoms with Gasteiger partial charge in [-0.1, -0.05) is 43.0 Å². The fraction of sp³-hybridized carbons (Fsp3) is 0.500. The number of benzene rings is 1. The van der Waals surface area contributed by atoms with Gasteiger partial charge in [-0.15, -0.1) is 0 Å². The topological polar surface area (TPSA) is 23.8 Å². The molecule has 1 fully saturated rings. The van der Waals surface area contributed by atoms with Crippen molar-refractivity contribution in [2.45, 2.75) is 38.5 Å². The standard InChI is InChI=1S/C14H15ClFN/c15-12-6-4-5-11(13(12)16)9-14(10-17)7-2-1-3-8-14/h4-6H,1-3,7-9H2. The van der Waals surface area contributed by atoms with E-state index in [0.717, 1.165) is 25.7 Å². The second-order valence-electron chi connectivity index (χ2n) is 4.84. The van der Waals surface area contributed by atoms with E-state index in [2.05, 4.69) is 6.07 Å². The van der Waals surface area contributed by atoms with Crippen LogP contribution in [0.4, 0.5) is 4.39 Å². The average Bonchev–Trinajstić information content (AvgIpc) is 2.36. The quantitative estimate of drug-likeness (QED) is 0.759. The molecule has 1 aliphatic rings. The molecule has 0 aliphatic heterocycles. The molecular formula is C14H15ClFN. The molecule has 90 valence electrons. The lowest BCUT2D eigenvalue weighted by Gasteiger charge is -2.30. The summed E-state index contributed by atoms with van der Waals surface area (Å²) in [6.07, 6.45) is 5.54. The Bertz CT molecular complexity index is 444. The molecule has 1 saturated carbocycles. The fourth-order valence-corrected chi connectivity index (χ4v) is 2.80. The third-order valence-electron chi connectivity index (χ3n) is 3.61. The maximum Gasteiger partial charge on any atom is 0.145 e. The molecule has 0 unspecified atom stereocenters. The van der Waals surface area contributed by atoms with Gasteiger partial charge < -0.3 is 0 Å². The van der Waals surface area contributed by atoms with E-state index >= 15 is 0 Å².